The van der Waals surface area contributed by atoms with Crippen LogP contribution in [0.25, 0.3) is 0 Å². The molecule has 15 heavy (non-hydrogen) atoms. The Labute approximate surface area is 90.4 Å². The zero-order chi connectivity index (χ0) is 10.7. The molecule has 1 unspecified atom stereocenters. The zero-order valence-corrected chi connectivity index (χ0v) is 9.49. The number of rotatable bonds is 6. The average Bonchev–Trinajstić information content (AvgIpc) is 2.98. The van der Waals surface area contributed by atoms with Gasteiger partial charge in [-0.3, -0.25) is 0 Å². The Kier molecular flexibility index (Phi) is 3.36. The first-order chi connectivity index (χ1) is 7.29. The molecule has 1 aliphatic rings. The third-order valence-electron chi connectivity index (χ3n) is 2.65. The zero-order valence-electron chi connectivity index (χ0n) is 9.49. The summed E-state index contributed by atoms with van der Waals surface area (Å²) in [5, 5.41) is 7.40. The van der Waals surface area contributed by atoms with Crippen LogP contribution in [0.15, 0.2) is 4.52 Å². The fraction of sp³-hybridized carbons (Fsp3) is 0.818. The number of nitrogens with zero attached hydrogens (tertiary/aromatic N) is 2. The Bertz CT molecular complexity index is 307. The number of nitrogens with one attached hydrogen (secondary N) is 1. The van der Waals surface area contributed by atoms with E-state index in [9.17, 15) is 0 Å². The van der Waals surface area contributed by atoms with Gasteiger partial charge in [0.15, 0.2) is 5.82 Å². The number of aromatic nitrogens is 2. The highest BCUT2D eigenvalue weighted by molar-refractivity contribution is 5.03. The summed E-state index contributed by atoms with van der Waals surface area (Å²) in [6.45, 7) is 5.36. The minimum atomic E-state index is 0.414. The summed E-state index contributed by atoms with van der Waals surface area (Å²) in [5.74, 6) is 2.27. The van der Waals surface area contributed by atoms with Crippen molar-refractivity contribution in [2.75, 3.05) is 6.54 Å². The normalized spacial score (nSPS) is 18.0. The fourth-order valence-electron chi connectivity index (χ4n) is 1.58. The molecule has 0 spiro atoms. The van der Waals surface area contributed by atoms with E-state index >= 15 is 0 Å². The van der Waals surface area contributed by atoms with Crippen LogP contribution < -0.4 is 5.32 Å². The molecule has 0 amide bonds. The van der Waals surface area contributed by atoms with Gasteiger partial charge in [0.05, 0.1) is 0 Å². The molecule has 1 aromatic heterocycles. The lowest BCUT2D eigenvalue weighted by molar-refractivity contribution is 0.357. The van der Waals surface area contributed by atoms with Crippen LogP contribution in [0.1, 0.15) is 50.7 Å². The van der Waals surface area contributed by atoms with Crippen LogP contribution in [0.4, 0.5) is 0 Å². The molecule has 1 aliphatic carbocycles. The molecular weight excluding hydrogens is 190 g/mol. The summed E-state index contributed by atoms with van der Waals surface area (Å²) in [5.41, 5.74) is 0. The van der Waals surface area contributed by atoms with E-state index in [0.717, 1.165) is 31.1 Å². The lowest BCUT2D eigenvalue weighted by Gasteiger charge is -2.09. The molecule has 1 saturated carbocycles. The first-order valence-electron chi connectivity index (χ1n) is 5.85. The van der Waals surface area contributed by atoms with Gasteiger partial charge in [0, 0.05) is 18.4 Å². The second-order valence-electron chi connectivity index (χ2n) is 4.38. The molecule has 2 rings (SSSR count). The van der Waals surface area contributed by atoms with E-state index in [2.05, 4.69) is 29.3 Å². The smallest absolute Gasteiger partial charge is 0.228 e. The van der Waals surface area contributed by atoms with Crippen LogP contribution in [0.2, 0.25) is 0 Å². The SMILES string of the molecule is CCCNC(C)Cc1nc(C2CC2)no1. The van der Waals surface area contributed by atoms with Crippen LogP contribution in [0.3, 0.4) is 0 Å². The monoisotopic (exact) mass is 209 g/mol. The van der Waals surface area contributed by atoms with Crippen LogP contribution in [0.5, 0.6) is 0 Å². The molecule has 4 heteroatoms. The van der Waals surface area contributed by atoms with Gasteiger partial charge in [-0.15, -0.1) is 0 Å². The molecule has 0 saturated heterocycles. The lowest BCUT2D eigenvalue weighted by Crippen LogP contribution is -2.28. The molecular formula is C11H19N3O. The van der Waals surface area contributed by atoms with Gasteiger partial charge < -0.3 is 9.84 Å². The van der Waals surface area contributed by atoms with E-state index in [1.807, 2.05) is 0 Å². The summed E-state index contributed by atoms with van der Waals surface area (Å²) in [6, 6.07) is 0.414. The van der Waals surface area contributed by atoms with Crippen molar-refractivity contribution in [3.05, 3.63) is 11.7 Å². The van der Waals surface area contributed by atoms with E-state index in [1.165, 1.54) is 12.8 Å². The van der Waals surface area contributed by atoms with Crippen molar-refractivity contribution in [1.82, 2.24) is 15.5 Å². The number of hydrogen-bond acceptors (Lipinski definition) is 4. The first-order valence-corrected chi connectivity index (χ1v) is 5.85. The summed E-state index contributed by atoms with van der Waals surface area (Å²) in [4.78, 5) is 4.40. The molecule has 0 radical (unpaired) electrons. The quantitative estimate of drug-likeness (QED) is 0.777. The summed E-state index contributed by atoms with van der Waals surface area (Å²) in [7, 11) is 0. The van der Waals surface area contributed by atoms with Crippen molar-refractivity contribution < 1.29 is 4.52 Å². The van der Waals surface area contributed by atoms with Crippen molar-refractivity contribution in [2.24, 2.45) is 0 Å². The molecule has 84 valence electrons. The van der Waals surface area contributed by atoms with Crippen LogP contribution in [-0.2, 0) is 6.42 Å². The Morgan fingerprint density at radius 1 is 1.53 bits per heavy atom. The first kappa shape index (κ1) is 10.6. The summed E-state index contributed by atoms with van der Waals surface area (Å²) in [6.07, 6.45) is 4.44. The van der Waals surface area contributed by atoms with Crippen molar-refractivity contribution in [3.8, 4) is 0 Å². The largest absolute Gasteiger partial charge is 0.339 e. The van der Waals surface area contributed by atoms with Crippen molar-refractivity contribution in [2.45, 2.75) is 51.5 Å². The molecule has 1 N–H and O–H groups in total. The average molecular weight is 209 g/mol. The second kappa shape index (κ2) is 4.75. The minimum Gasteiger partial charge on any atom is -0.339 e. The Balaban J connectivity index is 1.81. The van der Waals surface area contributed by atoms with Gasteiger partial charge in [0.25, 0.3) is 0 Å². The molecule has 0 aliphatic heterocycles. The summed E-state index contributed by atoms with van der Waals surface area (Å²) >= 11 is 0. The van der Waals surface area contributed by atoms with Gasteiger partial charge >= 0.3 is 0 Å². The predicted octanol–water partition coefficient (Wildman–Crippen LogP) is 1.88. The predicted molar refractivity (Wildman–Crippen MR) is 57.7 cm³/mol. The van der Waals surface area contributed by atoms with Crippen molar-refractivity contribution >= 4 is 0 Å². The highest BCUT2D eigenvalue weighted by Crippen LogP contribution is 2.38. The molecule has 4 nitrogen and oxygen atoms in total. The van der Waals surface area contributed by atoms with E-state index in [-0.39, 0.29) is 0 Å². The maximum absolute atomic E-state index is 5.22. The van der Waals surface area contributed by atoms with Crippen LogP contribution in [0, 0.1) is 0 Å². The molecule has 1 atom stereocenters. The van der Waals surface area contributed by atoms with Crippen molar-refractivity contribution in [1.29, 1.82) is 0 Å². The minimum absolute atomic E-state index is 0.414. The fourth-order valence-corrected chi connectivity index (χ4v) is 1.58. The lowest BCUT2D eigenvalue weighted by atomic mass is 10.2. The Morgan fingerprint density at radius 2 is 2.33 bits per heavy atom. The van der Waals surface area contributed by atoms with Gasteiger partial charge in [0.1, 0.15) is 0 Å². The van der Waals surface area contributed by atoms with Gasteiger partial charge in [-0.25, -0.2) is 0 Å². The summed E-state index contributed by atoms with van der Waals surface area (Å²) < 4.78 is 5.22. The van der Waals surface area contributed by atoms with E-state index in [1.54, 1.807) is 0 Å². The molecule has 1 fully saturated rings. The second-order valence-corrected chi connectivity index (χ2v) is 4.38. The van der Waals surface area contributed by atoms with E-state index in [4.69, 9.17) is 4.52 Å². The van der Waals surface area contributed by atoms with Gasteiger partial charge in [-0.1, -0.05) is 12.1 Å². The molecule has 1 aromatic rings. The van der Waals surface area contributed by atoms with E-state index in [0.29, 0.717) is 12.0 Å². The Hall–Kier alpha value is -0.900. The molecule has 0 bridgehead atoms. The maximum Gasteiger partial charge on any atom is 0.228 e. The topological polar surface area (TPSA) is 51.0 Å². The van der Waals surface area contributed by atoms with Crippen LogP contribution >= 0.6 is 0 Å². The third kappa shape index (κ3) is 3.02. The van der Waals surface area contributed by atoms with Gasteiger partial charge in [0.2, 0.25) is 5.89 Å². The van der Waals surface area contributed by atoms with Crippen LogP contribution in [-0.4, -0.2) is 22.7 Å². The van der Waals surface area contributed by atoms with Crippen molar-refractivity contribution in [3.63, 3.8) is 0 Å². The Morgan fingerprint density at radius 3 is 3.00 bits per heavy atom. The third-order valence-corrected chi connectivity index (χ3v) is 2.65. The maximum atomic E-state index is 5.22. The number of hydrogen-bond donors (Lipinski definition) is 1. The molecule has 0 aromatic carbocycles. The molecule has 1 heterocycles. The highest BCUT2D eigenvalue weighted by Gasteiger charge is 2.28. The standard InChI is InChI=1S/C11H19N3O/c1-3-6-12-8(2)7-10-13-11(14-15-10)9-4-5-9/h8-9,12H,3-7H2,1-2H3. The van der Waals surface area contributed by atoms with E-state index < -0.39 is 0 Å². The van der Waals surface area contributed by atoms with Gasteiger partial charge in [-0.05, 0) is 32.7 Å². The van der Waals surface area contributed by atoms with Gasteiger partial charge in [-0.2, -0.15) is 4.98 Å². The highest BCUT2D eigenvalue weighted by atomic mass is 16.5.